The van der Waals surface area contributed by atoms with Crippen LogP contribution in [0.5, 0.6) is 0 Å². The predicted octanol–water partition coefficient (Wildman–Crippen LogP) is 5.20. The number of thioether (sulfide) groups is 1. The van der Waals surface area contributed by atoms with Gasteiger partial charge in [0.2, 0.25) is 0 Å². The summed E-state index contributed by atoms with van der Waals surface area (Å²) in [6.45, 7) is 4.26. The maximum absolute atomic E-state index is 13.8. The molecule has 2 heterocycles. The number of hydrogen-bond donors (Lipinski definition) is 0. The average Bonchev–Trinajstić information content (AvgIpc) is 3.14. The van der Waals surface area contributed by atoms with Crippen LogP contribution in [0.3, 0.4) is 0 Å². The highest BCUT2D eigenvalue weighted by Crippen LogP contribution is 2.40. The summed E-state index contributed by atoms with van der Waals surface area (Å²) in [5.74, 6) is -1.15. The maximum atomic E-state index is 13.8. The number of benzene rings is 2. The van der Waals surface area contributed by atoms with Gasteiger partial charge in [-0.05, 0) is 87.9 Å². The summed E-state index contributed by atoms with van der Waals surface area (Å²) in [6, 6.07) is 13.8. The molecule has 0 N–H and O–H groups in total. The molecule has 37 heavy (non-hydrogen) atoms. The first-order valence-corrected chi connectivity index (χ1v) is 13.7. The van der Waals surface area contributed by atoms with Gasteiger partial charge in [-0.2, -0.15) is 0 Å². The third-order valence-corrected chi connectivity index (χ3v) is 8.06. The largest absolute Gasteiger partial charge is 0.462 e. The van der Waals surface area contributed by atoms with Crippen molar-refractivity contribution < 1.29 is 19.1 Å². The number of anilines is 1. The lowest BCUT2D eigenvalue weighted by Gasteiger charge is -2.36. The SMILES string of the molecule is CCCCOC(=O)c1ccc(N2C(=O)C(Sc3ccc(Cl)cc3)=C(N(C)C3CCN(C)CC3)C2=O)cc1. The Hall–Kier alpha value is -2.81. The molecule has 9 heteroatoms. The average molecular weight is 542 g/mol. The van der Waals surface area contributed by atoms with Gasteiger partial charge in [0.1, 0.15) is 10.6 Å². The van der Waals surface area contributed by atoms with Gasteiger partial charge < -0.3 is 14.5 Å². The summed E-state index contributed by atoms with van der Waals surface area (Å²) >= 11 is 7.32. The van der Waals surface area contributed by atoms with Crippen molar-refractivity contribution in [3.63, 3.8) is 0 Å². The highest BCUT2D eigenvalue weighted by molar-refractivity contribution is 8.04. The number of carbonyl (C=O) groups is 3. The van der Waals surface area contributed by atoms with Gasteiger partial charge in [-0.25, -0.2) is 9.69 Å². The van der Waals surface area contributed by atoms with Gasteiger partial charge in [-0.1, -0.05) is 36.7 Å². The summed E-state index contributed by atoms with van der Waals surface area (Å²) in [5.41, 5.74) is 1.20. The molecule has 4 rings (SSSR count). The summed E-state index contributed by atoms with van der Waals surface area (Å²) in [7, 11) is 3.99. The molecule has 0 atom stereocenters. The van der Waals surface area contributed by atoms with E-state index in [1.807, 2.05) is 31.0 Å². The third-order valence-electron chi connectivity index (χ3n) is 6.73. The van der Waals surface area contributed by atoms with Crippen LogP contribution < -0.4 is 4.90 Å². The number of esters is 1. The van der Waals surface area contributed by atoms with E-state index in [1.54, 1.807) is 36.4 Å². The number of likely N-dealkylation sites (tertiary alicyclic amines) is 1. The molecule has 7 nitrogen and oxygen atoms in total. The van der Waals surface area contributed by atoms with Gasteiger partial charge in [0.05, 0.1) is 17.9 Å². The zero-order valence-corrected chi connectivity index (χ0v) is 23.0. The van der Waals surface area contributed by atoms with Gasteiger partial charge >= 0.3 is 5.97 Å². The topological polar surface area (TPSA) is 70.2 Å². The number of nitrogens with zero attached hydrogens (tertiary/aromatic N) is 3. The van der Waals surface area contributed by atoms with Crippen molar-refractivity contribution >= 4 is 46.8 Å². The Labute approximate surface area is 227 Å². The van der Waals surface area contributed by atoms with Crippen LogP contribution in [0.15, 0.2) is 64.0 Å². The Morgan fingerprint density at radius 1 is 1.05 bits per heavy atom. The zero-order valence-electron chi connectivity index (χ0n) is 21.4. The van der Waals surface area contributed by atoms with E-state index in [2.05, 4.69) is 11.9 Å². The Bertz CT molecular complexity index is 1170. The third kappa shape index (κ3) is 6.20. The van der Waals surface area contributed by atoms with Crippen molar-refractivity contribution in [2.75, 3.05) is 38.7 Å². The molecule has 1 saturated heterocycles. The number of amides is 2. The molecule has 2 aromatic rings. The van der Waals surface area contributed by atoms with E-state index < -0.39 is 5.97 Å². The number of hydrogen-bond acceptors (Lipinski definition) is 7. The summed E-state index contributed by atoms with van der Waals surface area (Å²) in [6.07, 6.45) is 3.55. The second-order valence-corrected chi connectivity index (χ2v) is 10.9. The highest BCUT2D eigenvalue weighted by atomic mass is 35.5. The van der Waals surface area contributed by atoms with E-state index in [0.29, 0.717) is 33.5 Å². The van der Waals surface area contributed by atoms with Gasteiger partial charge in [0.25, 0.3) is 11.8 Å². The summed E-state index contributed by atoms with van der Waals surface area (Å²) in [5, 5.41) is 0.603. The van der Waals surface area contributed by atoms with Crippen molar-refractivity contribution in [2.45, 2.75) is 43.5 Å². The van der Waals surface area contributed by atoms with E-state index in [0.717, 1.165) is 43.7 Å². The Morgan fingerprint density at radius 2 is 1.70 bits per heavy atom. The van der Waals surface area contributed by atoms with Crippen LogP contribution in [0.25, 0.3) is 0 Å². The Balaban J connectivity index is 1.61. The number of ether oxygens (including phenoxy) is 1. The van der Waals surface area contributed by atoms with Gasteiger partial charge in [-0.15, -0.1) is 0 Å². The second kappa shape index (κ2) is 12.2. The van der Waals surface area contributed by atoms with Crippen molar-refractivity contribution in [1.82, 2.24) is 9.80 Å². The molecule has 1 fully saturated rings. The van der Waals surface area contributed by atoms with Crippen molar-refractivity contribution in [1.29, 1.82) is 0 Å². The van der Waals surface area contributed by atoms with Crippen LogP contribution in [0, 0.1) is 0 Å². The standard InChI is InChI=1S/C28H32ClN3O4S/c1-4-5-18-36-28(35)19-6-10-22(11-7-19)32-26(33)24(31(3)21-14-16-30(2)17-15-21)25(27(32)34)37-23-12-8-20(29)9-13-23/h6-13,21H,4-5,14-18H2,1-3H3. The van der Waals surface area contributed by atoms with Gasteiger partial charge in [0.15, 0.2) is 0 Å². The monoisotopic (exact) mass is 541 g/mol. The molecular formula is C28H32ClN3O4S. The van der Waals surface area contributed by atoms with Crippen molar-refractivity contribution in [3.8, 4) is 0 Å². The molecule has 2 aliphatic heterocycles. The number of unbranched alkanes of at least 4 members (excludes halogenated alkanes) is 1. The van der Waals surface area contributed by atoms with Gasteiger partial charge in [0, 0.05) is 23.0 Å². The fraction of sp³-hybridized carbons (Fsp3) is 0.393. The van der Waals surface area contributed by atoms with Crippen LogP contribution in [0.4, 0.5) is 5.69 Å². The quantitative estimate of drug-likeness (QED) is 0.245. The number of likely N-dealkylation sites (N-methyl/N-ethyl adjacent to an activating group) is 1. The molecule has 2 aromatic carbocycles. The molecule has 0 spiro atoms. The van der Waals surface area contributed by atoms with Crippen LogP contribution in [-0.2, 0) is 14.3 Å². The molecule has 0 bridgehead atoms. The number of carbonyl (C=O) groups excluding carboxylic acids is 3. The van der Waals surface area contributed by atoms with E-state index in [4.69, 9.17) is 16.3 Å². The van der Waals surface area contributed by atoms with Gasteiger partial charge in [-0.3, -0.25) is 9.59 Å². The molecule has 2 aliphatic rings. The second-order valence-electron chi connectivity index (χ2n) is 9.36. The minimum atomic E-state index is -0.418. The van der Waals surface area contributed by atoms with Crippen molar-refractivity contribution in [2.24, 2.45) is 0 Å². The number of piperidine rings is 1. The first kappa shape index (κ1) is 27.2. The molecule has 0 aliphatic carbocycles. The lowest BCUT2D eigenvalue weighted by atomic mass is 10.0. The van der Waals surface area contributed by atoms with Crippen LogP contribution in [0.1, 0.15) is 43.0 Å². The van der Waals surface area contributed by atoms with Crippen LogP contribution in [-0.4, -0.2) is 67.4 Å². The number of rotatable bonds is 9. The molecule has 2 amide bonds. The first-order valence-electron chi connectivity index (χ1n) is 12.5. The molecule has 0 radical (unpaired) electrons. The van der Waals surface area contributed by atoms with Crippen LogP contribution >= 0.6 is 23.4 Å². The maximum Gasteiger partial charge on any atom is 0.338 e. The summed E-state index contributed by atoms with van der Waals surface area (Å²) < 4.78 is 5.27. The van der Waals surface area contributed by atoms with E-state index in [9.17, 15) is 14.4 Å². The fourth-order valence-corrected chi connectivity index (χ4v) is 5.60. The number of halogens is 1. The molecule has 0 saturated carbocycles. The molecular weight excluding hydrogens is 510 g/mol. The Morgan fingerprint density at radius 3 is 2.32 bits per heavy atom. The smallest absolute Gasteiger partial charge is 0.338 e. The minimum Gasteiger partial charge on any atom is -0.462 e. The minimum absolute atomic E-state index is 0.156. The van der Waals surface area contributed by atoms with E-state index in [-0.39, 0.29) is 17.9 Å². The molecule has 0 aromatic heterocycles. The predicted molar refractivity (Wildman–Crippen MR) is 147 cm³/mol. The zero-order chi connectivity index (χ0) is 26.5. The number of imide groups is 1. The summed E-state index contributed by atoms with van der Waals surface area (Å²) in [4.78, 5) is 46.4. The van der Waals surface area contributed by atoms with Crippen LogP contribution in [0.2, 0.25) is 5.02 Å². The van der Waals surface area contributed by atoms with E-state index in [1.165, 1.54) is 16.7 Å². The highest BCUT2D eigenvalue weighted by Gasteiger charge is 2.43. The lowest BCUT2D eigenvalue weighted by molar-refractivity contribution is -0.121. The van der Waals surface area contributed by atoms with E-state index >= 15 is 0 Å². The first-order chi connectivity index (χ1) is 17.8. The van der Waals surface area contributed by atoms with Crippen molar-refractivity contribution in [3.05, 3.63) is 69.7 Å². The Kier molecular flexibility index (Phi) is 8.95. The lowest BCUT2D eigenvalue weighted by Crippen LogP contribution is -2.43. The fourth-order valence-electron chi connectivity index (χ4n) is 4.46. The normalized spacial score (nSPS) is 17.0. The molecule has 196 valence electrons. The molecule has 0 unspecified atom stereocenters.